The average molecular weight is 490 g/mol. The number of hydrogen-bond acceptors (Lipinski definition) is 6. The van der Waals surface area contributed by atoms with Crippen LogP contribution in [0.15, 0.2) is 24.3 Å². The Morgan fingerprint density at radius 3 is 2.36 bits per heavy atom. The monoisotopic (exact) mass is 489 g/mol. The molecule has 4 rings (SSSR count). The number of hydrogen-bond donors (Lipinski definition) is 1. The number of likely N-dealkylation sites (tertiary alicyclic amines) is 2. The summed E-state index contributed by atoms with van der Waals surface area (Å²) < 4.78 is 0. The van der Waals surface area contributed by atoms with Crippen molar-refractivity contribution in [3.63, 3.8) is 0 Å². The third-order valence-corrected chi connectivity index (χ3v) is 7.35. The van der Waals surface area contributed by atoms with Gasteiger partial charge in [0, 0.05) is 43.3 Å². The van der Waals surface area contributed by atoms with Crippen LogP contribution in [-0.4, -0.2) is 63.9 Å². The number of nitrogens with zero attached hydrogens (tertiary/aromatic N) is 4. The lowest BCUT2D eigenvalue weighted by atomic mass is 9.93. The van der Waals surface area contributed by atoms with Crippen molar-refractivity contribution in [2.75, 3.05) is 31.5 Å². The second-order valence-electron chi connectivity index (χ2n) is 8.61. The molecule has 0 radical (unpaired) electrons. The molecule has 2 saturated heterocycles. The second-order valence-corrected chi connectivity index (χ2v) is 10.0. The van der Waals surface area contributed by atoms with E-state index >= 15 is 0 Å². The second kappa shape index (κ2) is 11.1. The van der Waals surface area contributed by atoms with Gasteiger partial charge in [0.1, 0.15) is 0 Å². The number of carbonyl (C=O) groups is 3. The number of carbonyl (C=O) groups excluding carboxylic acids is 3. The van der Waals surface area contributed by atoms with Crippen molar-refractivity contribution in [1.82, 2.24) is 20.0 Å². The number of piperidine rings is 1. The van der Waals surface area contributed by atoms with E-state index in [0.29, 0.717) is 36.1 Å². The number of rotatable bonds is 5. The Kier molecular flexibility index (Phi) is 7.93. The summed E-state index contributed by atoms with van der Waals surface area (Å²) in [6.07, 6.45) is 6.77. The van der Waals surface area contributed by atoms with E-state index in [4.69, 9.17) is 11.6 Å². The Bertz CT molecular complexity index is 997. The van der Waals surface area contributed by atoms with Gasteiger partial charge in [-0.2, -0.15) is 0 Å². The first-order valence-electron chi connectivity index (χ1n) is 11.5. The van der Waals surface area contributed by atoms with Gasteiger partial charge in [0.25, 0.3) is 11.8 Å². The zero-order chi connectivity index (χ0) is 23.2. The molecule has 0 saturated carbocycles. The fraction of sp³-hybridized carbons (Fsp3) is 0.522. The molecule has 1 aromatic heterocycles. The van der Waals surface area contributed by atoms with Crippen LogP contribution in [0.4, 0.5) is 5.69 Å². The number of nitrogens with one attached hydrogen (secondary N) is 1. The van der Waals surface area contributed by atoms with Gasteiger partial charge in [-0.25, -0.2) is 0 Å². The third-order valence-electron chi connectivity index (χ3n) is 6.21. The Morgan fingerprint density at radius 1 is 0.970 bits per heavy atom. The molecule has 0 unspecified atom stereocenters. The van der Waals surface area contributed by atoms with Gasteiger partial charge in [0.05, 0.1) is 0 Å². The Labute approximate surface area is 202 Å². The zero-order valence-electron chi connectivity index (χ0n) is 18.5. The molecule has 10 heteroatoms. The molecule has 1 N–H and O–H groups in total. The molecule has 2 fully saturated rings. The highest BCUT2D eigenvalue weighted by molar-refractivity contribution is 7.15. The van der Waals surface area contributed by atoms with E-state index in [2.05, 4.69) is 15.5 Å². The van der Waals surface area contributed by atoms with Crippen LogP contribution >= 0.6 is 22.9 Å². The first-order chi connectivity index (χ1) is 16.0. The SMILES string of the molecule is O=C(Nc1cccc(Cl)c1)c1nnc(C(=O)N2CCC(CC(=O)N3CCCCCC3)CC2)s1. The molecule has 8 nitrogen and oxygen atoms in total. The summed E-state index contributed by atoms with van der Waals surface area (Å²) in [5, 5.41) is 11.4. The summed E-state index contributed by atoms with van der Waals surface area (Å²) in [7, 11) is 0. The molecule has 33 heavy (non-hydrogen) atoms. The maximum Gasteiger partial charge on any atom is 0.286 e. The van der Waals surface area contributed by atoms with Crippen LogP contribution in [0.25, 0.3) is 0 Å². The van der Waals surface area contributed by atoms with Gasteiger partial charge < -0.3 is 15.1 Å². The summed E-state index contributed by atoms with van der Waals surface area (Å²) in [5.74, 6) is -0.0921. The van der Waals surface area contributed by atoms with E-state index < -0.39 is 5.91 Å². The van der Waals surface area contributed by atoms with Gasteiger partial charge in [0.2, 0.25) is 15.9 Å². The van der Waals surface area contributed by atoms with Crippen molar-refractivity contribution < 1.29 is 14.4 Å². The lowest BCUT2D eigenvalue weighted by molar-refractivity contribution is -0.132. The van der Waals surface area contributed by atoms with Gasteiger partial charge in [-0.3, -0.25) is 14.4 Å². The normalized spacial score (nSPS) is 17.5. The van der Waals surface area contributed by atoms with Crippen molar-refractivity contribution in [2.24, 2.45) is 5.92 Å². The first-order valence-corrected chi connectivity index (χ1v) is 12.7. The Balaban J connectivity index is 1.27. The fourth-order valence-corrected chi connectivity index (χ4v) is 5.22. The van der Waals surface area contributed by atoms with E-state index in [9.17, 15) is 14.4 Å². The maximum atomic E-state index is 12.9. The molecule has 0 aliphatic carbocycles. The Hall–Kier alpha value is -2.52. The van der Waals surface area contributed by atoms with Gasteiger partial charge in [-0.1, -0.05) is 41.8 Å². The van der Waals surface area contributed by atoms with Gasteiger partial charge in [0.15, 0.2) is 0 Å². The van der Waals surface area contributed by atoms with E-state index in [0.717, 1.165) is 50.1 Å². The molecule has 1 aromatic carbocycles. The predicted molar refractivity (Wildman–Crippen MR) is 128 cm³/mol. The smallest absolute Gasteiger partial charge is 0.286 e. The highest BCUT2D eigenvalue weighted by atomic mass is 35.5. The van der Waals surface area contributed by atoms with Crippen molar-refractivity contribution in [2.45, 2.75) is 44.9 Å². The van der Waals surface area contributed by atoms with Crippen molar-refractivity contribution in [1.29, 1.82) is 0 Å². The highest BCUT2D eigenvalue weighted by Crippen LogP contribution is 2.25. The predicted octanol–water partition coefficient (Wildman–Crippen LogP) is 4.09. The van der Waals surface area contributed by atoms with Gasteiger partial charge >= 0.3 is 0 Å². The number of anilines is 1. The van der Waals surface area contributed by atoms with Crippen LogP contribution in [0, 0.1) is 5.92 Å². The van der Waals surface area contributed by atoms with Crippen LogP contribution in [0.1, 0.15) is 64.6 Å². The molecule has 2 aliphatic heterocycles. The largest absolute Gasteiger partial charge is 0.343 e. The van der Waals surface area contributed by atoms with Crippen molar-refractivity contribution in [3.05, 3.63) is 39.3 Å². The molecule has 0 atom stereocenters. The first kappa shape index (κ1) is 23.6. The topological polar surface area (TPSA) is 95.5 Å². The van der Waals surface area contributed by atoms with Crippen molar-refractivity contribution in [3.8, 4) is 0 Å². The van der Waals surface area contributed by atoms with E-state index in [1.54, 1.807) is 29.2 Å². The maximum absolute atomic E-state index is 12.9. The zero-order valence-corrected chi connectivity index (χ0v) is 20.0. The molecular weight excluding hydrogens is 462 g/mol. The van der Waals surface area contributed by atoms with Crippen LogP contribution in [0.2, 0.25) is 5.02 Å². The number of halogens is 1. The van der Waals surface area contributed by atoms with E-state index in [1.165, 1.54) is 12.8 Å². The van der Waals surface area contributed by atoms with Crippen LogP contribution in [0.5, 0.6) is 0 Å². The van der Waals surface area contributed by atoms with Crippen LogP contribution < -0.4 is 5.32 Å². The Morgan fingerprint density at radius 2 is 1.67 bits per heavy atom. The molecule has 2 aromatic rings. The van der Waals surface area contributed by atoms with Crippen LogP contribution in [-0.2, 0) is 4.79 Å². The van der Waals surface area contributed by atoms with Crippen LogP contribution in [0.3, 0.4) is 0 Å². The van der Waals surface area contributed by atoms with Gasteiger partial charge in [-0.15, -0.1) is 10.2 Å². The fourth-order valence-electron chi connectivity index (χ4n) is 4.32. The number of aromatic nitrogens is 2. The number of benzene rings is 1. The molecule has 0 spiro atoms. The van der Waals surface area contributed by atoms with Gasteiger partial charge in [-0.05, 0) is 49.8 Å². The third kappa shape index (κ3) is 6.29. The minimum atomic E-state index is -0.431. The quantitative estimate of drug-likeness (QED) is 0.682. The average Bonchev–Trinajstić information content (AvgIpc) is 3.14. The summed E-state index contributed by atoms with van der Waals surface area (Å²) in [4.78, 5) is 41.7. The molecule has 3 heterocycles. The summed E-state index contributed by atoms with van der Waals surface area (Å²) in [5.41, 5.74) is 0.548. The van der Waals surface area contributed by atoms with E-state index in [-0.39, 0.29) is 21.8 Å². The minimum absolute atomic E-state index is 0.122. The van der Waals surface area contributed by atoms with E-state index in [1.807, 2.05) is 4.90 Å². The number of amides is 3. The minimum Gasteiger partial charge on any atom is -0.343 e. The van der Waals surface area contributed by atoms with Crippen molar-refractivity contribution >= 4 is 46.3 Å². The standard InChI is InChI=1S/C23H28ClN5O3S/c24-17-6-5-7-18(15-17)25-20(31)21-26-27-22(33-21)23(32)29-12-8-16(9-13-29)14-19(30)28-10-3-1-2-4-11-28/h5-7,15-16H,1-4,8-14H2,(H,25,31). The molecular formula is C23H28ClN5O3S. The molecule has 0 bridgehead atoms. The molecule has 176 valence electrons. The molecule has 3 amide bonds. The summed E-state index contributed by atoms with van der Waals surface area (Å²) in [6.45, 7) is 2.92. The molecule has 2 aliphatic rings. The lowest BCUT2D eigenvalue weighted by Crippen LogP contribution is -2.40. The summed E-state index contributed by atoms with van der Waals surface area (Å²) in [6, 6.07) is 6.80. The summed E-state index contributed by atoms with van der Waals surface area (Å²) >= 11 is 6.92. The highest BCUT2D eigenvalue weighted by Gasteiger charge is 2.29. The lowest BCUT2D eigenvalue weighted by Gasteiger charge is -2.32.